The molecule has 0 saturated carbocycles. The van der Waals surface area contributed by atoms with Crippen LogP contribution < -0.4 is 0 Å². The minimum atomic E-state index is -1.01. The molecule has 0 amide bonds. The van der Waals surface area contributed by atoms with E-state index in [2.05, 4.69) is 0 Å². The van der Waals surface area contributed by atoms with Crippen molar-refractivity contribution in [3.8, 4) is 0 Å². The summed E-state index contributed by atoms with van der Waals surface area (Å²) in [7, 11) is 1.58. The maximum absolute atomic E-state index is 11.2. The SMILES string of the molecule is COCC(C)OCC(C)OC(=O)CCC(=O)O.[Zn]. The van der Waals surface area contributed by atoms with Crippen molar-refractivity contribution < 1.29 is 48.4 Å². The molecule has 0 heterocycles. The summed E-state index contributed by atoms with van der Waals surface area (Å²) in [5, 5.41) is 8.39. The fourth-order valence-electron chi connectivity index (χ4n) is 1.11. The Morgan fingerprint density at radius 3 is 2.22 bits per heavy atom. The molecule has 18 heavy (non-hydrogen) atoms. The monoisotopic (exact) mass is 312 g/mol. The van der Waals surface area contributed by atoms with Gasteiger partial charge in [0.15, 0.2) is 0 Å². The van der Waals surface area contributed by atoms with E-state index >= 15 is 0 Å². The summed E-state index contributed by atoms with van der Waals surface area (Å²) >= 11 is 0. The van der Waals surface area contributed by atoms with Gasteiger partial charge >= 0.3 is 11.9 Å². The van der Waals surface area contributed by atoms with Gasteiger partial charge < -0.3 is 19.3 Å². The molecule has 2 unspecified atom stereocenters. The van der Waals surface area contributed by atoms with Gasteiger partial charge in [0.25, 0.3) is 0 Å². The minimum Gasteiger partial charge on any atom is -0.481 e. The smallest absolute Gasteiger partial charge is 0.306 e. The first-order valence-electron chi connectivity index (χ1n) is 5.47. The Morgan fingerprint density at radius 2 is 1.72 bits per heavy atom. The predicted molar refractivity (Wildman–Crippen MR) is 59.7 cm³/mol. The number of aliphatic carboxylic acids is 1. The summed E-state index contributed by atoms with van der Waals surface area (Å²) in [5.74, 6) is -1.54. The largest absolute Gasteiger partial charge is 0.481 e. The Labute approximate surface area is 120 Å². The third-order valence-electron chi connectivity index (χ3n) is 1.89. The van der Waals surface area contributed by atoms with Crippen LogP contribution in [0.1, 0.15) is 26.7 Å². The predicted octanol–water partition coefficient (Wildman–Crippen LogP) is 0.832. The van der Waals surface area contributed by atoms with Crippen LogP contribution in [0.5, 0.6) is 0 Å². The molecule has 0 aromatic heterocycles. The maximum atomic E-state index is 11.2. The van der Waals surface area contributed by atoms with E-state index in [0.717, 1.165) is 0 Å². The number of carboxylic acids is 1. The molecule has 0 spiro atoms. The molecule has 0 aromatic carbocycles. The molecule has 0 fully saturated rings. The fraction of sp³-hybridized carbons (Fsp3) is 0.818. The number of hydrogen-bond donors (Lipinski definition) is 1. The van der Waals surface area contributed by atoms with E-state index < -0.39 is 18.0 Å². The average Bonchev–Trinajstić information content (AvgIpc) is 2.24. The van der Waals surface area contributed by atoms with E-state index in [9.17, 15) is 9.59 Å². The first kappa shape index (κ1) is 19.8. The van der Waals surface area contributed by atoms with E-state index in [4.69, 9.17) is 19.3 Å². The summed E-state index contributed by atoms with van der Waals surface area (Å²) < 4.78 is 15.2. The van der Waals surface area contributed by atoms with Crippen molar-refractivity contribution in [3.63, 3.8) is 0 Å². The van der Waals surface area contributed by atoms with Crippen LogP contribution >= 0.6 is 0 Å². The van der Waals surface area contributed by atoms with Crippen LogP contribution in [0.25, 0.3) is 0 Å². The van der Waals surface area contributed by atoms with Crippen molar-refractivity contribution in [3.05, 3.63) is 0 Å². The number of carboxylic acid groups (broad SMARTS) is 1. The number of carbonyl (C=O) groups is 2. The molecule has 0 radical (unpaired) electrons. The van der Waals surface area contributed by atoms with Gasteiger partial charge in [-0.3, -0.25) is 9.59 Å². The van der Waals surface area contributed by atoms with Crippen molar-refractivity contribution in [2.24, 2.45) is 0 Å². The van der Waals surface area contributed by atoms with E-state index in [1.165, 1.54) is 0 Å². The molecule has 102 valence electrons. The van der Waals surface area contributed by atoms with Gasteiger partial charge in [-0.05, 0) is 13.8 Å². The molecule has 2 atom stereocenters. The quantitative estimate of drug-likeness (QED) is 0.501. The van der Waals surface area contributed by atoms with Gasteiger partial charge in [0, 0.05) is 26.6 Å². The van der Waals surface area contributed by atoms with Crippen LogP contribution in [0.3, 0.4) is 0 Å². The molecule has 0 bridgehead atoms. The Morgan fingerprint density at radius 1 is 1.11 bits per heavy atom. The number of hydrogen-bond acceptors (Lipinski definition) is 5. The molecular formula is C11H20O6Zn. The molecule has 0 aliphatic carbocycles. The number of carbonyl (C=O) groups excluding carboxylic acids is 1. The van der Waals surface area contributed by atoms with E-state index in [1.807, 2.05) is 6.92 Å². The zero-order valence-electron chi connectivity index (χ0n) is 11.2. The molecule has 0 aromatic rings. The normalized spacial score (nSPS) is 13.3. The molecule has 7 heteroatoms. The summed E-state index contributed by atoms with van der Waals surface area (Å²) in [6.07, 6.45) is -0.796. The third kappa shape index (κ3) is 12.0. The third-order valence-corrected chi connectivity index (χ3v) is 1.89. The van der Waals surface area contributed by atoms with Gasteiger partial charge in [0.05, 0.1) is 32.2 Å². The molecule has 0 rings (SSSR count). The molecule has 1 N–H and O–H groups in total. The Balaban J connectivity index is 0. The molecule has 0 saturated heterocycles. The van der Waals surface area contributed by atoms with Gasteiger partial charge in [-0.1, -0.05) is 0 Å². The van der Waals surface area contributed by atoms with E-state index in [-0.39, 0.29) is 45.0 Å². The van der Waals surface area contributed by atoms with E-state index in [1.54, 1.807) is 14.0 Å². The second-order valence-electron chi connectivity index (χ2n) is 3.79. The van der Waals surface area contributed by atoms with Crippen molar-refractivity contribution in [1.29, 1.82) is 0 Å². The Kier molecular flexibility index (Phi) is 12.7. The van der Waals surface area contributed by atoms with Crippen LogP contribution in [-0.2, 0) is 43.3 Å². The van der Waals surface area contributed by atoms with Gasteiger partial charge in [-0.15, -0.1) is 0 Å². The van der Waals surface area contributed by atoms with Gasteiger partial charge in [0.2, 0.25) is 0 Å². The zero-order chi connectivity index (χ0) is 13.3. The number of rotatable bonds is 9. The van der Waals surface area contributed by atoms with Crippen molar-refractivity contribution in [1.82, 2.24) is 0 Å². The standard InChI is InChI=1S/C11H20O6.Zn/c1-8(6-15-3)16-7-9(2)17-11(14)5-4-10(12)13;/h8-9H,4-7H2,1-3H3,(H,12,13);. The van der Waals surface area contributed by atoms with Crippen molar-refractivity contribution in [2.45, 2.75) is 38.9 Å². The summed E-state index contributed by atoms with van der Waals surface area (Å²) in [6.45, 7) is 4.28. The summed E-state index contributed by atoms with van der Waals surface area (Å²) in [5.41, 5.74) is 0. The minimum absolute atomic E-state index is 0. The van der Waals surface area contributed by atoms with Crippen LogP contribution in [0, 0.1) is 0 Å². The second kappa shape index (κ2) is 11.6. The maximum Gasteiger partial charge on any atom is 0.306 e. The van der Waals surface area contributed by atoms with Crippen molar-refractivity contribution >= 4 is 11.9 Å². The molecule has 0 aliphatic heterocycles. The van der Waals surface area contributed by atoms with Gasteiger partial charge in [-0.25, -0.2) is 0 Å². The number of esters is 1. The van der Waals surface area contributed by atoms with E-state index in [0.29, 0.717) is 6.61 Å². The van der Waals surface area contributed by atoms with Crippen LogP contribution in [0.2, 0.25) is 0 Å². The van der Waals surface area contributed by atoms with Crippen LogP contribution in [0.4, 0.5) is 0 Å². The zero-order valence-corrected chi connectivity index (χ0v) is 14.1. The van der Waals surface area contributed by atoms with Gasteiger partial charge in [-0.2, -0.15) is 0 Å². The molecule has 6 nitrogen and oxygen atoms in total. The van der Waals surface area contributed by atoms with Crippen LogP contribution in [0.15, 0.2) is 0 Å². The van der Waals surface area contributed by atoms with Gasteiger partial charge in [0.1, 0.15) is 6.10 Å². The Hall–Kier alpha value is -0.517. The number of methoxy groups -OCH3 is 1. The van der Waals surface area contributed by atoms with Crippen LogP contribution in [-0.4, -0.2) is 49.6 Å². The Bertz CT molecular complexity index is 246. The topological polar surface area (TPSA) is 82.1 Å². The average molecular weight is 314 g/mol. The fourth-order valence-corrected chi connectivity index (χ4v) is 1.11. The second-order valence-corrected chi connectivity index (χ2v) is 3.79. The van der Waals surface area contributed by atoms with Crippen molar-refractivity contribution in [2.75, 3.05) is 20.3 Å². The summed E-state index contributed by atoms with van der Waals surface area (Å²) in [6, 6.07) is 0. The first-order chi connectivity index (χ1) is 7.95. The molecular weight excluding hydrogens is 294 g/mol. The molecule has 0 aliphatic rings. The number of ether oxygens (including phenoxy) is 3. The first-order valence-corrected chi connectivity index (χ1v) is 5.47. The summed E-state index contributed by atoms with van der Waals surface area (Å²) in [4.78, 5) is 21.4.